The van der Waals surface area contributed by atoms with E-state index in [4.69, 9.17) is 9.47 Å². The Bertz CT molecular complexity index is 666. The molecule has 0 aliphatic heterocycles. The largest absolute Gasteiger partial charge is 0.508 e. The van der Waals surface area contributed by atoms with Crippen LogP contribution in [0.25, 0.3) is 0 Å². The lowest BCUT2D eigenvalue weighted by molar-refractivity contribution is -0.917. The molecule has 1 aromatic carbocycles. The molecule has 1 aromatic rings. The third-order valence-electron chi connectivity index (χ3n) is 6.32. The zero-order chi connectivity index (χ0) is 23.8. The van der Waals surface area contributed by atoms with Crippen molar-refractivity contribution in [2.45, 2.75) is 79.6 Å². The number of aryl methyl sites for hydroxylation is 2. The number of ether oxygens (including phenoxy) is 2. The lowest BCUT2D eigenvalue weighted by Crippen LogP contribution is -2.54. The number of carbonyl (C=O) groups is 2. The van der Waals surface area contributed by atoms with E-state index >= 15 is 0 Å². The second-order valence-corrected chi connectivity index (χ2v) is 8.74. The predicted molar refractivity (Wildman–Crippen MR) is 131 cm³/mol. The second-order valence-electron chi connectivity index (χ2n) is 8.74. The Morgan fingerprint density at radius 1 is 0.844 bits per heavy atom. The number of carbonyl (C=O) groups excluding carboxylic acids is 2. The SMILES string of the molecule is CCCCCCCCCOC(=O)OCC[N+](CC)(CC)CC(=O)Nc1c(C)cccc1C. The van der Waals surface area contributed by atoms with Crippen molar-refractivity contribution in [1.29, 1.82) is 0 Å². The van der Waals surface area contributed by atoms with Crippen LogP contribution in [0.3, 0.4) is 0 Å². The highest BCUT2D eigenvalue weighted by Crippen LogP contribution is 2.20. The number of nitrogens with one attached hydrogen (secondary N) is 1. The molecule has 1 N–H and O–H groups in total. The molecule has 0 bridgehead atoms. The molecule has 32 heavy (non-hydrogen) atoms. The standard InChI is InChI=1S/C26H44N2O4/c1-6-9-10-11-12-13-14-19-31-26(30)32-20-18-28(7-2,8-3)21-24(29)27-25-22(4)16-15-17-23(25)5/h15-17H,6-14,18-21H2,1-5H3/p+1. The third kappa shape index (κ3) is 10.5. The van der Waals surface area contributed by atoms with Crippen molar-refractivity contribution in [3.05, 3.63) is 29.3 Å². The highest BCUT2D eigenvalue weighted by Gasteiger charge is 2.28. The van der Waals surface area contributed by atoms with Crippen LogP contribution in [0.4, 0.5) is 10.5 Å². The van der Waals surface area contributed by atoms with Gasteiger partial charge in [0.05, 0.1) is 19.7 Å². The summed E-state index contributed by atoms with van der Waals surface area (Å²) in [5.74, 6) is -0.0207. The van der Waals surface area contributed by atoms with Gasteiger partial charge in [0.2, 0.25) is 0 Å². The topological polar surface area (TPSA) is 64.6 Å². The Kier molecular flexibility index (Phi) is 13.7. The summed E-state index contributed by atoms with van der Waals surface area (Å²) in [5.41, 5.74) is 2.99. The Hall–Kier alpha value is -2.08. The minimum absolute atomic E-state index is 0.0207. The molecule has 6 heteroatoms. The third-order valence-corrected chi connectivity index (χ3v) is 6.32. The number of quaternary nitrogens is 1. The maximum absolute atomic E-state index is 12.8. The number of amides is 1. The summed E-state index contributed by atoms with van der Waals surface area (Å²) in [4.78, 5) is 24.7. The molecule has 0 aromatic heterocycles. The van der Waals surface area contributed by atoms with Crippen LogP contribution in [-0.2, 0) is 14.3 Å². The van der Waals surface area contributed by atoms with Gasteiger partial charge >= 0.3 is 6.16 Å². The Morgan fingerprint density at radius 2 is 1.41 bits per heavy atom. The van der Waals surface area contributed by atoms with Crippen LogP contribution in [0.1, 0.15) is 76.8 Å². The predicted octanol–water partition coefficient (Wildman–Crippen LogP) is 6.00. The maximum atomic E-state index is 12.8. The van der Waals surface area contributed by atoms with Gasteiger partial charge in [0, 0.05) is 5.69 Å². The second kappa shape index (κ2) is 15.7. The molecule has 0 radical (unpaired) electrons. The monoisotopic (exact) mass is 449 g/mol. The lowest BCUT2D eigenvalue weighted by atomic mass is 10.1. The maximum Gasteiger partial charge on any atom is 0.508 e. The summed E-state index contributed by atoms with van der Waals surface area (Å²) < 4.78 is 11.0. The van der Waals surface area contributed by atoms with Gasteiger partial charge in [-0.1, -0.05) is 63.6 Å². The molecule has 1 amide bonds. The van der Waals surface area contributed by atoms with E-state index < -0.39 is 6.16 Å². The summed E-state index contributed by atoms with van der Waals surface area (Å²) in [7, 11) is 0. The molecule has 0 saturated carbocycles. The quantitative estimate of drug-likeness (QED) is 0.191. The smallest absolute Gasteiger partial charge is 0.434 e. The first-order chi connectivity index (χ1) is 15.4. The minimum Gasteiger partial charge on any atom is -0.434 e. The first-order valence-corrected chi connectivity index (χ1v) is 12.4. The average molecular weight is 450 g/mol. The Labute approximate surface area is 195 Å². The Morgan fingerprint density at radius 3 is 2.00 bits per heavy atom. The van der Waals surface area contributed by atoms with Crippen LogP contribution in [0.2, 0.25) is 0 Å². The van der Waals surface area contributed by atoms with E-state index in [1.807, 2.05) is 32.0 Å². The molecule has 0 aliphatic rings. The summed E-state index contributed by atoms with van der Waals surface area (Å²) in [6.07, 6.45) is 7.63. The molecule has 0 aliphatic carbocycles. The van der Waals surface area contributed by atoms with Crippen molar-refractivity contribution in [3.63, 3.8) is 0 Å². The molecule has 0 fully saturated rings. The fourth-order valence-electron chi connectivity index (χ4n) is 3.92. The van der Waals surface area contributed by atoms with Crippen LogP contribution >= 0.6 is 0 Å². The van der Waals surface area contributed by atoms with E-state index in [2.05, 4.69) is 26.1 Å². The van der Waals surface area contributed by atoms with Gasteiger partial charge in [-0.3, -0.25) is 4.79 Å². The van der Waals surface area contributed by atoms with Gasteiger partial charge < -0.3 is 19.3 Å². The van der Waals surface area contributed by atoms with Gasteiger partial charge in [-0.2, -0.15) is 0 Å². The van der Waals surface area contributed by atoms with E-state index in [9.17, 15) is 9.59 Å². The number of anilines is 1. The number of benzene rings is 1. The first-order valence-electron chi connectivity index (χ1n) is 12.4. The normalized spacial score (nSPS) is 11.3. The highest BCUT2D eigenvalue weighted by atomic mass is 16.7. The average Bonchev–Trinajstić information content (AvgIpc) is 2.77. The number of nitrogens with zero attached hydrogens (tertiary/aromatic N) is 1. The van der Waals surface area contributed by atoms with Gasteiger partial charge in [0.15, 0.2) is 6.54 Å². The van der Waals surface area contributed by atoms with Crippen LogP contribution in [0.5, 0.6) is 0 Å². The highest BCUT2D eigenvalue weighted by molar-refractivity contribution is 5.93. The Balaban J connectivity index is 2.37. The van der Waals surface area contributed by atoms with E-state index in [1.165, 1.54) is 32.1 Å². The summed E-state index contributed by atoms with van der Waals surface area (Å²) in [5, 5.41) is 3.07. The molecule has 0 spiro atoms. The van der Waals surface area contributed by atoms with Crippen molar-refractivity contribution in [2.24, 2.45) is 0 Å². The number of unbranched alkanes of at least 4 members (excludes halogenated alkanes) is 6. The van der Waals surface area contributed by atoms with Crippen molar-refractivity contribution in [2.75, 3.05) is 44.7 Å². The van der Waals surface area contributed by atoms with E-state index in [0.29, 0.717) is 24.2 Å². The zero-order valence-electron chi connectivity index (χ0n) is 21.0. The molecule has 0 unspecified atom stereocenters. The number of para-hydroxylation sites is 1. The first kappa shape index (κ1) is 28.0. The summed E-state index contributed by atoms with van der Waals surface area (Å²) in [6, 6.07) is 5.98. The molecule has 6 nitrogen and oxygen atoms in total. The van der Waals surface area contributed by atoms with Gasteiger partial charge in [-0.15, -0.1) is 0 Å². The van der Waals surface area contributed by atoms with Crippen molar-refractivity contribution in [1.82, 2.24) is 0 Å². The molecule has 182 valence electrons. The molecular formula is C26H45N2O4+. The van der Waals surface area contributed by atoms with Crippen LogP contribution in [-0.4, -0.2) is 55.9 Å². The van der Waals surface area contributed by atoms with E-state index in [-0.39, 0.29) is 12.5 Å². The lowest BCUT2D eigenvalue weighted by Gasteiger charge is -2.35. The van der Waals surface area contributed by atoms with Crippen molar-refractivity contribution >= 4 is 17.7 Å². The molecular weight excluding hydrogens is 404 g/mol. The number of rotatable bonds is 16. The molecule has 1 rings (SSSR count). The van der Waals surface area contributed by atoms with Gasteiger partial charge in [-0.05, 0) is 45.2 Å². The fourth-order valence-corrected chi connectivity index (χ4v) is 3.92. The van der Waals surface area contributed by atoms with Crippen molar-refractivity contribution < 1.29 is 23.5 Å². The number of hydrogen-bond donors (Lipinski definition) is 1. The number of likely N-dealkylation sites (N-methyl/N-ethyl adjacent to an activating group) is 1. The number of hydrogen-bond acceptors (Lipinski definition) is 4. The summed E-state index contributed by atoms with van der Waals surface area (Å²) in [6.45, 7) is 13.5. The minimum atomic E-state index is -0.610. The fraction of sp³-hybridized carbons (Fsp3) is 0.692. The van der Waals surface area contributed by atoms with Crippen LogP contribution in [0.15, 0.2) is 18.2 Å². The van der Waals surface area contributed by atoms with Crippen LogP contribution < -0.4 is 5.32 Å². The van der Waals surface area contributed by atoms with Gasteiger partial charge in [-0.25, -0.2) is 4.79 Å². The van der Waals surface area contributed by atoms with Gasteiger partial charge in [0.25, 0.3) is 5.91 Å². The van der Waals surface area contributed by atoms with Crippen LogP contribution in [0, 0.1) is 13.8 Å². The summed E-state index contributed by atoms with van der Waals surface area (Å²) >= 11 is 0. The molecule has 0 atom stereocenters. The van der Waals surface area contributed by atoms with Crippen molar-refractivity contribution in [3.8, 4) is 0 Å². The van der Waals surface area contributed by atoms with Gasteiger partial charge in [0.1, 0.15) is 13.2 Å². The van der Waals surface area contributed by atoms with E-state index in [0.717, 1.165) is 42.7 Å². The van der Waals surface area contributed by atoms with E-state index in [1.54, 1.807) is 0 Å². The molecule has 0 heterocycles. The zero-order valence-corrected chi connectivity index (χ0v) is 21.0. The molecule has 0 saturated heterocycles.